The number of halogens is 2. The highest BCUT2D eigenvalue weighted by atomic mass is 35.5. The minimum absolute atomic E-state index is 0. The molecule has 0 saturated carbocycles. The van der Waals surface area contributed by atoms with Crippen molar-refractivity contribution in [2.75, 3.05) is 13.2 Å². The van der Waals surface area contributed by atoms with Gasteiger partial charge < -0.3 is 10.5 Å². The van der Waals surface area contributed by atoms with Gasteiger partial charge in [-0.3, -0.25) is 0 Å². The molecule has 0 radical (unpaired) electrons. The fraction of sp³-hybridized carbons (Fsp3) is 1.00. The molecule has 0 aromatic heterocycles. The Morgan fingerprint density at radius 1 is 1.56 bits per heavy atom. The minimum atomic E-state index is -0.941. The van der Waals surface area contributed by atoms with Crippen LogP contribution in [0.4, 0.5) is 4.39 Å². The Labute approximate surface area is 60.0 Å². The highest BCUT2D eigenvalue weighted by molar-refractivity contribution is 5.85. The first-order chi connectivity index (χ1) is 3.80. The standard InChI is InChI=1S/C5H10FNO.ClH/c6-4-3-8-2-1-5(4)7;/h4-5H,1-3,7H2;1H. The third-order valence-corrected chi connectivity index (χ3v) is 1.34. The normalized spacial score (nSPS) is 35.3. The minimum Gasteiger partial charge on any atom is -0.378 e. The number of nitrogens with two attached hydrogens (primary N) is 1. The van der Waals surface area contributed by atoms with E-state index in [1.54, 1.807) is 0 Å². The smallest absolute Gasteiger partial charge is 0.138 e. The van der Waals surface area contributed by atoms with E-state index in [0.717, 1.165) is 0 Å². The Morgan fingerprint density at radius 3 is 2.56 bits per heavy atom. The Morgan fingerprint density at radius 2 is 2.22 bits per heavy atom. The van der Waals surface area contributed by atoms with Crippen LogP contribution >= 0.6 is 12.4 Å². The van der Waals surface area contributed by atoms with Gasteiger partial charge in [0, 0.05) is 12.6 Å². The van der Waals surface area contributed by atoms with Gasteiger partial charge in [0.25, 0.3) is 0 Å². The monoisotopic (exact) mass is 155 g/mol. The SMILES string of the molecule is Cl.NC1CCOCC1F. The molecule has 0 aromatic carbocycles. The summed E-state index contributed by atoms with van der Waals surface area (Å²) in [6.45, 7) is 0.794. The quantitative estimate of drug-likeness (QED) is 0.553. The molecule has 4 heteroatoms. The van der Waals surface area contributed by atoms with Gasteiger partial charge in [-0.25, -0.2) is 4.39 Å². The van der Waals surface area contributed by atoms with Gasteiger partial charge >= 0.3 is 0 Å². The lowest BCUT2D eigenvalue weighted by Gasteiger charge is -2.21. The summed E-state index contributed by atoms with van der Waals surface area (Å²) >= 11 is 0. The molecule has 1 fully saturated rings. The predicted octanol–water partition coefficient (Wildman–Crippen LogP) is 0.494. The lowest BCUT2D eigenvalue weighted by Crippen LogP contribution is -2.39. The molecule has 0 aromatic rings. The molecule has 0 aliphatic carbocycles. The van der Waals surface area contributed by atoms with Crippen molar-refractivity contribution in [2.24, 2.45) is 5.73 Å². The van der Waals surface area contributed by atoms with Crippen LogP contribution in [0.2, 0.25) is 0 Å². The maximum absolute atomic E-state index is 12.3. The van der Waals surface area contributed by atoms with Crippen molar-refractivity contribution in [3.8, 4) is 0 Å². The third-order valence-electron chi connectivity index (χ3n) is 1.34. The van der Waals surface area contributed by atoms with Crippen LogP contribution in [0, 0.1) is 0 Å². The molecule has 1 saturated heterocycles. The molecule has 1 aliphatic heterocycles. The van der Waals surface area contributed by atoms with Gasteiger partial charge in [0.2, 0.25) is 0 Å². The van der Waals surface area contributed by atoms with E-state index in [2.05, 4.69) is 0 Å². The van der Waals surface area contributed by atoms with Gasteiger partial charge in [-0.15, -0.1) is 12.4 Å². The van der Waals surface area contributed by atoms with Crippen LogP contribution in [-0.2, 0) is 4.74 Å². The number of rotatable bonds is 0. The van der Waals surface area contributed by atoms with Crippen molar-refractivity contribution in [1.29, 1.82) is 0 Å². The zero-order valence-corrected chi connectivity index (χ0v) is 5.86. The second kappa shape index (κ2) is 4.04. The summed E-state index contributed by atoms with van der Waals surface area (Å²) in [5, 5.41) is 0. The van der Waals surface area contributed by atoms with E-state index in [1.807, 2.05) is 0 Å². The van der Waals surface area contributed by atoms with E-state index < -0.39 is 6.17 Å². The van der Waals surface area contributed by atoms with Crippen LogP contribution in [0.3, 0.4) is 0 Å². The maximum atomic E-state index is 12.3. The van der Waals surface area contributed by atoms with Crippen LogP contribution in [0.5, 0.6) is 0 Å². The van der Waals surface area contributed by atoms with Gasteiger partial charge in [-0.1, -0.05) is 0 Å². The van der Waals surface area contributed by atoms with Crippen molar-refractivity contribution in [1.82, 2.24) is 0 Å². The fourth-order valence-corrected chi connectivity index (χ4v) is 0.720. The molecule has 9 heavy (non-hydrogen) atoms. The summed E-state index contributed by atoms with van der Waals surface area (Å²) in [6.07, 6.45) is -0.287. The summed E-state index contributed by atoms with van der Waals surface area (Å²) in [5.41, 5.74) is 5.32. The molecule has 1 aliphatic rings. The number of hydrogen-bond acceptors (Lipinski definition) is 2. The molecule has 0 amide bonds. The van der Waals surface area contributed by atoms with Gasteiger partial charge in [0.15, 0.2) is 0 Å². The predicted molar refractivity (Wildman–Crippen MR) is 35.6 cm³/mol. The summed E-state index contributed by atoms with van der Waals surface area (Å²) < 4.78 is 17.1. The molecule has 56 valence electrons. The van der Waals surface area contributed by atoms with Crippen molar-refractivity contribution < 1.29 is 9.13 Å². The number of alkyl halides is 1. The van der Waals surface area contributed by atoms with Crippen LogP contribution in [0.15, 0.2) is 0 Å². The first-order valence-electron chi connectivity index (χ1n) is 2.78. The molecule has 2 N–H and O–H groups in total. The number of hydrogen-bond donors (Lipinski definition) is 1. The van der Waals surface area contributed by atoms with Crippen molar-refractivity contribution >= 4 is 12.4 Å². The molecule has 2 atom stereocenters. The van der Waals surface area contributed by atoms with E-state index in [4.69, 9.17) is 10.5 Å². The van der Waals surface area contributed by atoms with Crippen LogP contribution in [0.1, 0.15) is 6.42 Å². The van der Waals surface area contributed by atoms with Gasteiger partial charge in [-0.2, -0.15) is 0 Å². The van der Waals surface area contributed by atoms with Crippen LogP contribution < -0.4 is 5.73 Å². The van der Waals surface area contributed by atoms with Gasteiger partial charge in [-0.05, 0) is 6.42 Å². The van der Waals surface area contributed by atoms with E-state index in [9.17, 15) is 4.39 Å². The summed E-state index contributed by atoms with van der Waals surface area (Å²) in [4.78, 5) is 0. The third kappa shape index (κ3) is 2.47. The zero-order valence-electron chi connectivity index (χ0n) is 5.05. The summed E-state index contributed by atoms with van der Waals surface area (Å²) in [7, 11) is 0. The first kappa shape index (κ1) is 9.14. The van der Waals surface area contributed by atoms with E-state index >= 15 is 0 Å². The highest BCUT2D eigenvalue weighted by Crippen LogP contribution is 2.07. The highest BCUT2D eigenvalue weighted by Gasteiger charge is 2.20. The fourth-order valence-electron chi connectivity index (χ4n) is 0.720. The molecule has 2 unspecified atom stereocenters. The molecule has 0 bridgehead atoms. The maximum Gasteiger partial charge on any atom is 0.138 e. The Bertz CT molecular complexity index is 73.4. The van der Waals surface area contributed by atoms with Crippen molar-refractivity contribution in [3.63, 3.8) is 0 Å². The molecule has 1 heterocycles. The first-order valence-corrected chi connectivity index (χ1v) is 2.78. The largest absolute Gasteiger partial charge is 0.378 e. The lowest BCUT2D eigenvalue weighted by atomic mass is 10.1. The molecule has 2 nitrogen and oxygen atoms in total. The average molecular weight is 156 g/mol. The topological polar surface area (TPSA) is 35.2 Å². The van der Waals surface area contributed by atoms with Crippen LogP contribution in [-0.4, -0.2) is 25.4 Å². The zero-order chi connectivity index (χ0) is 5.98. The second-order valence-corrected chi connectivity index (χ2v) is 2.04. The Balaban J connectivity index is 0.000000640. The summed E-state index contributed by atoms with van der Waals surface area (Å²) in [6, 6.07) is -0.288. The van der Waals surface area contributed by atoms with E-state index in [0.29, 0.717) is 13.0 Å². The Kier molecular flexibility index (Phi) is 4.10. The molecule has 0 spiro atoms. The van der Waals surface area contributed by atoms with Gasteiger partial charge in [0.1, 0.15) is 6.17 Å². The van der Waals surface area contributed by atoms with Crippen molar-refractivity contribution in [2.45, 2.75) is 18.6 Å². The van der Waals surface area contributed by atoms with Gasteiger partial charge in [0.05, 0.1) is 6.61 Å². The Hall–Kier alpha value is 0.140. The van der Waals surface area contributed by atoms with Crippen LogP contribution in [0.25, 0.3) is 0 Å². The van der Waals surface area contributed by atoms with E-state index in [1.165, 1.54) is 0 Å². The van der Waals surface area contributed by atoms with Crippen molar-refractivity contribution in [3.05, 3.63) is 0 Å². The molecular formula is C5H11ClFNO. The average Bonchev–Trinajstić information content (AvgIpc) is 1.77. The second-order valence-electron chi connectivity index (χ2n) is 2.04. The summed E-state index contributed by atoms with van der Waals surface area (Å²) in [5.74, 6) is 0. The molecule has 1 rings (SSSR count). The number of ether oxygens (including phenoxy) is 1. The van der Waals surface area contributed by atoms with E-state index in [-0.39, 0.29) is 25.1 Å². The lowest BCUT2D eigenvalue weighted by molar-refractivity contribution is 0.0238. The molecular weight excluding hydrogens is 145 g/mol.